The van der Waals surface area contributed by atoms with Gasteiger partial charge in [-0.3, -0.25) is 4.79 Å². The van der Waals surface area contributed by atoms with Crippen molar-refractivity contribution in [2.75, 3.05) is 5.32 Å². The first-order valence-corrected chi connectivity index (χ1v) is 7.08. The number of anilines is 1. The van der Waals surface area contributed by atoms with Gasteiger partial charge in [-0.2, -0.15) is 13.2 Å². The molecule has 1 aromatic carbocycles. The molecule has 0 radical (unpaired) electrons. The fraction of sp³-hybridized carbons (Fsp3) is 0.500. The Labute approximate surface area is 125 Å². The Kier molecular flexibility index (Phi) is 4.78. The molecule has 1 aliphatic carbocycles. The number of hydrogen-bond acceptors (Lipinski definition) is 2. The number of nitrogens with one attached hydrogen (secondary N) is 1. The Bertz CT molecular complexity index is 525. The van der Waals surface area contributed by atoms with E-state index in [1.54, 1.807) is 0 Å². The van der Waals surface area contributed by atoms with Gasteiger partial charge >= 0.3 is 6.18 Å². The van der Waals surface area contributed by atoms with Crippen LogP contribution in [0.3, 0.4) is 0 Å². The summed E-state index contributed by atoms with van der Waals surface area (Å²) in [6, 6.07) is 3.02. The lowest BCUT2D eigenvalue weighted by atomic mass is 9.86. The van der Waals surface area contributed by atoms with Gasteiger partial charge in [0.05, 0.1) is 16.3 Å². The zero-order chi connectivity index (χ0) is 15.6. The van der Waals surface area contributed by atoms with Crippen molar-refractivity contribution in [1.82, 2.24) is 0 Å². The monoisotopic (exact) mass is 320 g/mol. The van der Waals surface area contributed by atoms with Crippen LogP contribution in [0.15, 0.2) is 18.2 Å². The average Bonchev–Trinajstić information content (AvgIpc) is 2.40. The fourth-order valence-corrected chi connectivity index (χ4v) is 2.64. The SMILES string of the molecule is NC1CCC(C(=O)Nc2ccc(C(F)(F)F)cc2Cl)CC1. The predicted octanol–water partition coefficient (Wildman–Crippen LogP) is 3.81. The highest BCUT2D eigenvalue weighted by Crippen LogP contribution is 2.34. The van der Waals surface area contributed by atoms with E-state index in [2.05, 4.69) is 5.32 Å². The molecule has 0 heterocycles. The zero-order valence-electron chi connectivity index (χ0n) is 11.2. The maximum absolute atomic E-state index is 12.5. The number of halogens is 4. The summed E-state index contributed by atoms with van der Waals surface area (Å²) in [6.45, 7) is 0. The second-order valence-corrected chi connectivity index (χ2v) is 5.70. The summed E-state index contributed by atoms with van der Waals surface area (Å²) in [5.74, 6) is -0.383. The molecule has 21 heavy (non-hydrogen) atoms. The number of carbonyl (C=O) groups is 1. The fourth-order valence-electron chi connectivity index (χ4n) is 2.41. The van der Waals surface area contributed by atoms with Crippen LogP contribution in [0, 0.1) is 5.92 Å². The number of benzene rings is 1. The van der Waals surface area contributed by atoms with Gasteiger partial charge < -0.3 is 11.1 Å². The first-order chi connectivity index (χ1) is 9.77. The van der Waals surface area contributed by atoms with Crippen molar-refractivity contribution >= 4 is 23.2 Å². The van der Waals surface area contributed by atoms with Crippen LogP contribution in [-0.4, -0.2) is 11.9 Å². The Morgan fingerprint density at radius 1 is 1.24 bits per heavy atom. The minimum absolute atomic E-state index is 0.120. The molecule has 0 unspecified atom stereocenters. The van der Waals surface area contributed by atoms with Gasteiger partial charge in [-0.15, -0.1) is 0 Å². The highest BCUT2D eigenvalue weighted by atomic mass is 35.5. The molecule has 0 atom stereocenters. The molecule has 1 aromatic rings. The molecule has 7 heteroatoms. The summed E-state index contributed by atoms with van der Waals surface area (Å²) in [7, 11) is 0. The Morgan fingerprint density at radius 3 is 2.38 bits per heavy atom. The van der Waals surface area contributed by atoms with Crippen LogP contribution >= 0.6 is 11.6 Å². The van der Waals surface area contributed by atoms with Crippen LogP contribution in [0.4, 0.5) is 18.9 Å². The number of alkyl halides is 3. The number of amides is 1. The lowest BCUT2D eigenvalue weighted by Gasteiger charge is -2.25. The van der Waals surface area contributed by atoms with Crippen LogP contribution in [-0.2, 0) is 11.0 Å². The van der Waals surface area contributed by atoms with Crippen molar-refractivity contribution in [1.29, 1.82) is 0 Å². The lowest BCUT2D eigenvalue weighted by Crippen LogP contribution is -2.32. The molecule has 3 nitrogen and oxygen atoms in total. The van der Waals surface area contributed by atoms with Gasteiger partial charge in [-0.25, -0.2) is 0 Å². The van der Waals surface area contributed by atoms with Gasteiger partial charge in [0.2, 0.25) is 5.91 Å². The van der Waals surface area contributed by atoms with Crippen LogP contribution in [0.5, 0.6) is 0 Å². The molecular weight excluding hydrogens is 305 g/mol. The van der Waals surface area contributed by atoms with Gasteiger partial charge in [0, 0.05) is 12.0 Å². The van der Waals surface area contributed by atoms with E-state index in [0.717, 1.165) is 25.0 Å². The minimum Gasteiger partial charge on any atom is -0.328 e. The van der Waals surface area contributed by atoms with E-state index in [0.29, 0.717) is 12.8 Å². The number of rotatable bonds is 2. The number of hydrogen-bond donors (Lipinski definition) is 2. The van der Waals surface area contributed by atoms with Gasteiger partial charge in [0.25, 0.3) is 0 Å². The van der Waals surface area contributed by atoms with Gasteiger partial charge in [-0.05, 0) is 43.9 Å². The first-order valence-electron chi connectivity index (χ1n) is 6.70. The van der Waals surface area contributed by atoms with Crippen molar-refractivity contribution < 1.29 is 18.0 Å². The lowest BCUT2D eigenvalue weighted by molar-refractivity contribution is -0.137. The smallest absolute Gasteiger partial charge is 0.328 e. The molecule has 0 aliphatic heterocycles. The third-order valence-corrected chi connectivity index (χ3v) is 4.01. The van der Waals surface area contributed by atoms with Crippen molar-refractivity contribution in [2.24, 2.45) is 11.7 Å². The van der Waals surface area contributed by atoms with Crippen LogP contribution in [0.2, 0.25) is 5.02 Å². The van der Waals surface area contributed by atoms with Gasteiger partial charge in [-0.1, -0.05) is 11.6 Å². The summed E-state index contributed by atoms with van der Waals surface area (Å²) in [5, 5.41) is 2.47. The van der Waals surface area contributed by atoms with Crippen LogP contribution in [0.25, 0.3) is 0 Å². The molecule has 3 N–H and O–H groups in total. The molecule has 116 valence electrons. The molecule has 0 spiro atoms. The molecule has 1 aliphatic rings. The molecule has 2 rings (SSSR count). The van der Waals surface area contributed by atoms with Gasteiger partial charge in [0.1, 0.15) is 0 Å². The molecule has 1 saturated carbocycles. The van der Waals surface area contributed by atoms with E-state index < -0.39 is 11.7 Å². The van der Waals surface area contributed by atoms with E-state index in [-0.39, 0.29) is 28.6 Å². The third kappa shape index (κ3) is 4.11. The second kappa shape index (κ2) is 6.23. The molecule has 0 bridgehead atoms. The molecule has 0 saturated heterocycles. The van der Waals surface area contributed by atoms with Crippen LogP contribution < -0.4 is 11.1 Å². The third-order valence-electron chi connectivity index (χ3n) is 3.70. The molecule has 1 fully saturated rings. The second-order valence-electron chi connectivity index (χ2n) is 5.29. The normalized spacial score (nSPS) is 22.9. The molecule has 1 amide bonds. The topological polar surface area (TPSA) is 55.1 Å². The summed E-state index contributed by atoms with van der Waals surface area (Å²) in [6.07, 6.45) is -1.53. The predicted molar refractivity (Wildman–Crippen MR) is 75.0 cm³/mol. The van der Waals surface area contributed by atoms with Gasteiger partial charge in [0.15, 0.2) is 0 Å². The summed E-state index contributed by atoms with van der Waals surface area (Å²) in [4.78, 5) is 12.1. The Morgan fingerprint density at radius 2 is 1.86 bits per heavy atom. The highest BCUT2D eigenvalue weighted by Gasteiger charge is 2.31. The maximum Gasteiger partial charge on any atom is 0.416 e. The maximum atomic E-state index is 12.5. The molecule has 0 aromatic heterocycles. The van der Waals surface area contributed by atoms with Crippen molar-refractivity contribution in [2.45, 2.75) is 37.9 Å². The van der Waals surface area contributed by atoms with Crippen molar-refractivity contribution in [3.63, 3.8) is 0 Å². The standard InChI is InChI=1S/C14H16ClF3N2O/c15-11-7-9(14(16,17)18)3-6-12(11)20-13(21)8-1-4-10(19)5-2-8/h3,6-8,10H,1-2,4-5,19H2,(H,20,21). The zero-order valence-corrected chi connectivity index (χ0v) is 12.0. The van der Waals surface area contributed by atoms with E-state index in [4.69, 9.17) is 17.3 Å². The van der Waals surface area contributed by atoms with E-state index >= 15 is 0 Å². The number of carbonyl (C=O) groups excluding carboxylic acids is 1. The quantitative estimate of drug-likeness (QED) is 0.870. The van der Waals surface area contributed by atoms with Crippen LogP contribution in [0.1, 0.15) is 31.2 Å². The van der Waals surface area contributed by atoms with E-state index in [1.165, 1.54) is 6.07 Å². The van der Waals surface area contributed by atoms with E-state index in [9.17, 15) is 18.0 Å². The Hall–Kier alpha value is -1.27. The minimum atomic E-state index is -4.45. The summed E-state index contributed by atoms with van der Waals surface area (Å²) in [5.41, 5.74) is 5.13. The highest BCUT2D eigenvalue weighted by molar-refractivity contribution is 6.33. The first kappa shape index (κ1) is 16.1. The average molecular weight is 321 g/mol. The van der Waals surface area contributed by atoms with E-state index in [1.807, 2.05) is 0 Å². The van der Waals surface area contributed by atoms with Crippen molar-refractivity contribution in [3.05, 3.63) is 28.8 Å². The summed E-state index contributed by atoms with van der Waals surface area (Å²) < 4.78 is 37.6. The number of nitrogens with two attached hydrogens (primary N) is 1. The Balaban J connectivity index is 2.04. The molecular formula is C14H16ClF3N2O. The largest absolute Gasteiger partial charge is 0.416 e. The van der Waals surface area contributed by atoms with Crippen molar-refractivity contribution in [3.8, 4) is 0 Å². The summed E-state index contributed by atoms with van der Waals surface area (Å²) >= 11 is 5.81.